The molecule has 1 atom stereocenters. The molecule has 9 nitrogen and oxygen atoms in total. The zero-order chi connectivity index (χ0) is 43.6. The van der Waals surface area contributed by atoms with E-state index in [9.17, 15) is 26.7 Å². The molecular formula is C48H56ClF3N6O3S. The Morgan fingerprint density at radius 1 is 0.806 bits per heavy atom. The Labute approximate surface area is 368 Å². The fourth-order valence-corrected chi connectivity index (χ4v) is 10.4. The zero-order valence-corrected chi connectivity index (χ0v) is 37.0. The highest BCUT2D eigenvalue weighted by Gasteiger charge is 2.48. The number of nitrogens with zero attached hydrogens (tertiary/aromatic N) is 4. The van der Waals surface area contributed by atoms with Gasteiger partial charge in [0.15, 0.2) is 0 Å². The standard InChI is InChI=1S/C48H56ClF3N6O3S/c1-3-37(20-24-55-25-21-42(59)22-26-55)54-43-19-16-39(32-45(43)62(60,61)48(50,51)52)53-38-14-17-40(18-15-38)56-27-29-57(30-28-56)41-8-6-7-35(31-41)46-33(2)44-9-4-5-23-58(44)47(46)34-10-12-36(49)13-11-34/h6-8,10-19,31-32,37,42,53-54,59H,3-5,9,20-30H2,1-2H3/t37-/m0/s1. The van der Waals surface area contributed by atoms with E-state index in [2.05, 4.69) is 73.2 Å². The highest BCUT2D eigenvalue weighted by Crippen LogP contribution is 2.43. The minimum absolute atomic E-state index is 0.0727. The lowest BCUT2D eigenvalue weighted by Gasteiger charge is -2.37. The van der Waals surface area contributed by atoms with Crippen molar-refractivity contribution >= 4 is 49.9 Å². The van der Waals surface area contributed by atoms with Gasteiger partial charge in [-0.05, 0) is 135 Å². The molecule has 330 valence electrons. The number of hydrogen-bond donors (Lipinski definition) is 3. The van der Waals surface area contributed by atoms with E-state index < -0.39 is 20.2 Å². The van der Waals surface area contributed by atoms with Crippen LogP contribution in [-0.2, 0) is 22.8 Å². The van der Waals surface area contributed by atoms with Gasteiger partial charge in [0.25, 0.3) is 9.84 Å². The minimum Gasteiger partial charge on any atom is -0.393 e. The summed E-state index contributed by atoms with van der Waals surface area (Å²) in [5.74, 6) is 0. The molecule has 4 heterocycles. The molecule has 0 radical (unpaired) electrons. The lowest BCUT2D eigenvalue weighted by atomic mass is 9.96. The maximum atomic E-state index is 14.0. The number of halogens is 4. The zero-order valence-electron chi connectivity index (χ0n) is 35.4. The predicted molar refractivity (Wildman–Crippen MR) is 246 cm³/mol. The molecule has 3 aliphatic heterocycles. The number of alkyl halides is 3. The van der Waals surface area contributed by atoms with Crippen molar-refractivity contribution in [2.45, 2.75) is 87.9 Å². The molecule has 14 heteroatoms. The first-order valence-corrected chi connectivity index (χ1v) is 23.7. The quantitative estimate of drug-likeness (QED) is 0.108. The van der Waals surface area contributed by atoms with Crippen LogP contribution >= 0.6 is 11.6 Å². The number of fused-ring (bicyclic) bond motifs is 1. The number of likely N-dealkylation sites (tertiary alicyclic amines) is 1. The number of aromatic nitrogens is 1. The van der Waals surface area contributed by atoms with E-state index in [-0.39, 0.29) is 23.5 Å². The Bertz CT molecular complexity index is 2440. The summed E-state index contributed by atoms with van der Waals surface area (Å²) in [6.07, 6.45) is 5.74. The van der Waals surface area contributed by atoms with Gasteiger partial charge in [-0.25, -0.2) is 8.42 Å². The van der Waals surface area contributed by atoms with E-state index in [1.165, 1.54) is 58.2 Å². The van der Waals surface area contributed by atoms with Crippen molar-refractivity contribution in [1.29, 1.82) is 0 Å². The molecular weight excluding hydrogens is 833 g/mol. The van der Waals surface area contributed by atoms with Crippen LogP contribution in [0.15, 0.2) is 95.9 Å². The van der Waals surface area contributed by atoms with Crippen molar-refractivity contribution in [2.75, 3.05) is 66.2 Å². The van der Waals surface area contributed by atoms with Crippen LogP contribution < -0.4 is 20.4 Å². The molecule has 0 aliphatic carbocycles. The lowest BCUT2D eigenvalue weighted by Crippen LogP contribution is -2.46. The first-order chi connectivity index (χ1) is 29.8. The van der Waals surface area contributed by atoms with Gasteiger partial charge in [-0.15, -0.1) is 0 Å². The number of piperazine rings is 1. The summed E-state index contributed by atoms with van der Waals surface area (Å²) >= 11 is 6.30. The normalized spacial score (nSPS) is 17.2. The second-order valence-electron chi connectivity index (χ2n) is 16.9. The molecule has 3 N–H and O–H groups in total. The fraction of sp³-hybridized carbons (Fsp3) is 0.417. The number of hydrogen-bond acceptors (Lipinski definition) is 8. The number of rotatable bonds is 13. The van der Waals surface area contributed by atoms with Crippen molar-refractivity contribution < 1.29 is 26.7 Å². The van der Waals surface area contributed by atoms with Gasteiger partial charge in [0.1, 0.15) is 4.90 Å². The second kappa shape index (κ2) is 18.6. The maximum absolute atomic E-state index is 14.0. The second-order valence-corrected chi connectivity index (χ2v) is 19.2. The van der Waals surface area contributed by atoms with Crippen molar-refractivity contribution in [3.63, 3.8) is 0 Å². The first kappa shape index (κ1) is 43.9. The Morgan fingerprint density at radius 3 is 2.16 bits per heavy atom. The summed E-state index contributed by atoms with van der Waals surface area (Å²) in [5.41, 5.74) is 5.23. The molecule has 0 unspecified atom stereocenters. The van der Waals surface area contributed by atoms with E-state index in [0.717, 1.165) is 69.0 Å². The number of benzene rings is 4. The summed E-state index contributed by atoms with van der Waals surface area (Å²) < 4.78 is 70.3. The molecule has 4 aromatic carbocycles. The van der Waals surface area contributed by atoms with Crippen molar-refractivity contribution in [3.8, 4) is 22.4 Å². The fourth-order valence-electron chi connectivity index (χ4n) is 9.34. The van der Waals surface area contributed by atoms with E-state index in [0.29, 0.717) is 37.9 Å². The summed E-state index contributed by atoms with van der Waals surface area (Å²) in [6, 6.07) is 28.6. The van der Waals surface area contributed by atoms with Crippen molar-refractivity contribution in [2.24, 2.45) is 0 Å². The van der Waals surface area contributed by atoms with Gasteiger partial charge in [-0.1, -0.05) is 42.8 Å². The molecule has 3 aliphatic rings. The molecule has 62 heavy (non-hydrogen) atoms. The van der Waals surface area contributed by atoms with E-state index in [1.54, 1.807) is 6.07 Å². The minimum atomic E-state index is -5.65. The Morgan fingerprint density at radius 2 is 1.48 bits per heavy atom. The van der Waals surface area contributed by atoms with Crippen LogP contribution in [0.25, 0.3) is 22.4 Å². The van der Waals surface area contributed by atoms with Crippen LogP contribution in [-0.4, -0.2) is 86.5 Å². The third-order valence-electron chi connectivity index (χ3n) is 12.9. The SMILES string of the molecule is CC[C@@H](CCN1CCC(O)CC1)Nc1ccc(Nc2ccc(N3CCN(c4cccc(-c5c(C)c6n(c5-c5ccc(Cl)cc5)CCCC6)c4)CC3)cc2)cc1S(=O)(=O)C(F)(F)F. The third kappa shape index (κ3) is 9.46. The van der Waals surface area contributed by atoms with Gasteiger partial charge < -0.3 is 35.0 Å². The Kier molecular flexibility index (Phi) is 13.2. The molecule has 1 aromatic heterocycles. The third-order valence-corrected chi connectivity index (χ3v) is 14.7. The lowest BCUT2D eigenvalue weighted by molar-refractivity contribution is -0.0435. The van der Waals surface area contributed by atoms with Gasteiger partial charge in [0.2, 0.25) is 0 Å². The van der Waals surface area contributed by atoms with Crippen molar-refractivity contribution in [1.82, 2.24) is 9.47 Å². The Hall–Kier alpha value is -4.69. The van der Waals surface area contributed by atoms with Gasteiger partial charge in [-0.2, -0.15) is 13.2 Å². The molecule has 0 saturated carbocycles. The predicted octanol–water partition coefficient (Wildman–Crippen LogP) is 10.5. The van der Waals surface area contributed by atoms with Crippen LogP contribution in [0.3, 0.4) is 0 Å². The largest absolute Gasteiger partial charge is 0.501 e. The molecule has 0 bridgehead atoms. The van der Waals surface area contributed by atoms with E-state index in [1.807, 2.05) is 43.3 Å². The van der Waals surface area contributed by atoms with Gasteiger partial charge in [0, 0.05) is 97.4 Å². The van der Waals surface area contributed by atoms with Crippen LogP contribution in [0.4, 0.5) is 41.6 Å². The van der Waals surface area contributed by atoms with E-state index in [4.69, 9.17) is 11.6 Å². The molecule has 0 spiro atoms. The number of nitrogens with one attached hydrogen (secondary N) is 2. The smallest absolute Gasteiger partial charge is 0.393 e. The number of anilines is 5. The monoisotopic (exact) mass is 888 g/mol. The molecule has 0 amide bonds. The van der Waals surface area contributed by atoms with Gasteiger partial charge in [0.05, 0.1) is 17.5 Å². The molecule has 2 saturated heterocycles. The summed E-state index contributed by atoms with van der Waals surface area (Å²) in [6.45, 7) is 10.7. The summed E-state index contributed by atoms with van der Waals surface area (Å²) in [7, 11) is -5.65. The Balaban J connectivity index is 0.932. The average molecular weight is 890 g/mol. The van der Waals surface area contributed by atoms with Crippen molar-refractivity contribution in [3.05, 3.63) is 107 Å². The molecule has 2 fully saturated rings. The number of aliphatic hydroxyl groups is 1. The summed E-state index contributed by atoms with van der Waals surface area (Å²) in [4.78, 5) is 6.16. The highest BCUT2D eigenvalue weighted by atomic mass is 35.5. The van der Waals surface area contributed by atoms with E-state index >= 15 is 0 Å². The number of sulfone groups is 1. The average Bonchev–Trinajstić information content (AvgIpc) is 3.58. The van der Waals surface area contributed by atoms with Gasteiger partial charge in [-0.3, -0.25) is 0 Å². The maximum Gasteiger partial charge on any atom is 0.501 e. The molecule has 8 rings (SSSR count). The first-order valence-electron chi connectivity index (χ1n) is 21.9. The summed E-state index contributed by atoms with van der Waals surface area (Å²) in [5, 5.41) is 16.8. The van der Waals surface area contributed by atoms with Crippen LogP contribution in [0.2, 0.25) is 5.02 Å². The number of aliphatic hydroxyl groups excluding tert-OH is 1. The highest BCUT2D eigenvalue weighted by molar-refractivity contribution is 7.92. The topological polar surface area (TPSA) is 93.1 Å². The van der Waals surface area contributed by atoms with Crippen LogP contribution in [0.5, 0.6) is 0 Å². The number of piperidine rings is 1. The van der Waals surface area contributed by atoms with Gasteiger partial charge >= 0.3 is 5.51 Å². The van der Waals surface area contributed by atoms with Crippen LogP contribution in [0.1, 0.15) is 56.7 Å². The molecule has 5 aromatic rings. The van der Waals surface area contributed by atoms with Crippen LogP contribution in [0, 0.1) is 6.92 Å².